The number of nitrogen functional groups attached to an aromatic ring is 1. The average Bonchev–Trinajstić information content (AvgIpc) is 2.49. The predicted molar refractivity (Wildman–Crippen MR) is 77.4 cm³/mol. The van der Waals surface area contributed by atoms with E-state index >= 15 is 0 Å². The molecule has 0 aliphatic carbocycles. The Hall–Kier alpha value is -1.67. The van der Waals surface area contributed by atoms with Crippen LogP contribution in [0.5, 0.6) is 6.01 Å². The third-order valence-corrected chi connectivity index (χ3v) is 3.47. The lowest BCUT2D eigenvalue weighted by atomic mass is 9.83. The van der Waals surface area contributed by atoms with E-state index in [1.165, 1.54) is 0 Å². The molecule has 0 aliphatic rings. The third-order valence-electron chi connectivity index (χ3n) is 3.47. The first-order valence-electron chi connectivity index (χ1n) is 6.83. The first kappa shape index (κ1) is 16.4. The number of hydrogen-bond acceptors (Lipinski definition) is 8. The highest BCUT2D eigenvalue weighted by Gasteiger charge is 2.25. The molecule has 0 bridgehead atoms. The lowest BCUT2D eigenvalue weighted by Crippen LogP contribution is -2.33. The van der Waals surface area contributed by atoms with Crippen LogP contribution in [0.3, 0.4) is 0 Å². The van der Waals surface area contributed by atoms with Crippen LogP contribution in [0, 0.1) is 5.41 Å². The Kier molecular flexibility index (Phi) is 6.40. The van der Waals surface area contributed by atoms with Gasteiger partial charge in [0.05, 0.1) is 13.2 Å². The molecule has 0 saturated heterocycles. The van der Waals surface area contributed by atoms with Gasteiger partial charge in [-0.1, -0.05) is 13.8 Å². The molecule has 0 fully saturated rings. The normalized spacial score (nSPS) is 11.2. The van der Waals surface area contributed by atoms with Gasteiger partial charge in [0.25, 0.3) is 0 Å². The van der Waals surface area contributed by atoms with Crippen molar-refractivity contribution in [3.8, 4) is 6.01 Å². The molecule has 0 radical (unpaired) electrons. The zero-order chi connectivity index (χ0) is 15.0. The highest BCUT2D eigenvalue weighted by atomic mass is 16.5. The summed E-state index contributed by atoms with van der Waals surface area (Å²) >= 11 is 0. The molecule has 5 N–H and O–H groups in total. The molecule has 0 aromatic carbocycles. The highest BCUT2D eigenvalue weighted by Crippen LogP contribution is 2.25. The minimum Gasteiger partial charge on any atom is -0.464 e. The predicted octanol–water partition coefficient (Wildman–Crippen LogP) is 0.766. The Morgan fingerprint density at radius 3 is 2.30 bits per heavy atom. The Morgan fingerprint density at radius 1 is 1.15 bits per heavy atom. The van der Waals surface area contributed by atoms with Gasteiger partial charge in [0, 0.05) is 12.0 Å². The number of aliphatic hydroxyl groups excluding tert-OH is 1. The fraction of sp³-hybridized carbons (Fsp3) is 0.750. The molecule has 0 spiro atoms. The van der Waals surface area contributed by atoms with Gasteiger partial charge in [-0.15, -0.1) is 0 Å². The lowest BCUT2D eigenvalue weighted by Gasteiger charge is -2.29. The number of nitrogens with zero attached hydrogens (tertiary/aromatic N) is 3. The monoisotopic (exact) mass is 284 g/mol. The van der Waals surface area contributed by atoms with E-state index in [0.29, 0.717) is 19.1 Å². The van der Waals surface area contributed by atoms with Gasteiger partial charge in [0.2, 0.25) is 11.9 Å². The summed E-state index contributed by atoms with van der Waals surface area (Å²) in [6.45, 7) is 7.07. The summed E-state index contributed by atoms with van der Waals surface area (Å²) in [4.78, 5) is 12.2. The van der Waals surface area contributed by atoms with Crippen molar-refractivity contribution >= 4 is 11.9 Å². The largest absolute Gasteiger partial charge is 0.464 e. The average molecular weight is 284 g/mol. The molecule has 1 aromatic rings. The van der Waals surface area contributed by atoms with Gasteiger partial charge in [-0.25, -0.2) is 5.84 Å². The number of nitrogens with one attached hydrogen (secondary N) is 2. The number of aliphatic hydroxyl groups is 1. The van der Waals surface area contributed by atoms with Crippen molar-refractivity contribution in [3.05, 3.63) is 0 Å². The van der Waals surface area contributed by atoms with Crippen LogP contribution in [0.1, 0.15) is 33.6 Å². The molecule has 8 heteroatoms. The molecule has 20 heavy (non-hydrogen) atoms. The smallest absolute Gasteiger partial charge is 0.323 e. The molecule has 0 atom stereocenters. The van der Waals surface area contributed by atoms with E-state index in [9.17, 15) is 5.11 Å². The number of anilines is 2. The molecular formula is C12H24N6O2. The Morgan fingerprint density at radius 2 is 1.80 bits per heavy atom. The molecule has 8 nitrogen and oxygen atoms in total. The number of hydrazine groups is 1. The van der Waals surface area contributed by atoms with Crippen LogP contribution < -0.4 is 21.3 Å². The van der Waals surface area contributed by atoms with Gasteiger partial charge in [-0.2, -0.15) is 15.0 Å². The summed E-state index contributed by atoms with van der Waals surface area (Å²) in [7, 11) is 0. The van der Waals surface area contributed by atoms with E-state index in [4.69, 9.17) is 10.6 Å². The Balaban J connectivity index is 2.83. The van der Waals surface area contributed by atoms with Crippen molar-refractivity contribution in [2.75, 3.05) is 30.5 Å². The van der Waals surface area contributed by atoms with Crippen molar-refractivity contribution in [1.82, 2.24) is 15.0 Å². The summed E-state index contributed by atoms with van der Waals surface area (Å²) in [5.74, 6) is 5.92. The van der Waals surface area contributed by atoms with Gasteiger partial charge in [-0.3, -0.25) is 5.43 Å². The summed E-state index contributed by atoms with van der Waals surface area (Å²) < 4.78 is 5.25. The van der Waals surface area contributed by atoms with Crippen LogP contribution in [0.15, 0.2) is 0 Å². The van der Waals surface area contributed by atoms with Gasteiger partial charge >= 0.3 is 6.01 Å². The highest BCUT2D eigenvalue weighted by molar-refractivity contribution is 5.35. The van der Waals surface area contributed by atoms with Crippen LogP contribution >= 0.6 is 0 Å². The third kappa shape index (κ3) is 4.17. The molecule has 0 amide bonds. The second-order valence-electron chi connectivity index (χ2n) is 4.56. The minimum absolute atomic E-state index is 0.110. The quantitative estimate of drug-likeness (QED) is 0.388. The topological polar surface area (TPSA) is 118 Å². The number of aromatic nitrogens is 3. The van der Waals surface area contributed by atoms with Crippen molar-refractivity contribution in [1.29, 1.82) is 0 Å². The van der Waals surface area contributed by atoms with Crippen LogP contribution in [0.2, 0.25) is 0 Å². The standard InChI is InChI=1S/C12H24N6O2/c1-4-12(5-2,8-19)7-14-9-15-10(18-13)17-11(16-9)20-6-3/h19H,4-8,13H2,1-3H3,(H2,14,15,16,17,18). The van der Waals surface area contributed by atoms with Crippen molar-refractivity contribution in [2.45, 2.75) is 33.6 Å². The van der Waals surface area contributed by atoms with Crippen molar-refractivity contribution < 1.29 is 9.84 Å². The van der Waals surface area contributed by atoms with Gasteiger partial charge in [0.15, 0.2) is 0 Å². The van der Waals surface area contributed by atoms with Crippen LogP contribution in [0.4, 0.5) is 11.9 Å². The fourth-order valence-electron chi connectivity index (χ4n) is 1.74. The lowest BCUT2D eigenvalue weighted by molar-refractivity contribution is 0.127. The van der Waals surface area contributed by atoms with E-state index in [-0.39, 0.29) is 24.0 Å². The second-order valence-corrected chi connectivity index (χ2v) is 4.56. The van der Waals surface area contributed by atoms with Crippen LogP contribution in [-0.4, -0.2) is 39.8 Å². The first-order chi connectivity index (χ1) is 9.62. The van der Waals surface area contributed by atoms with E-state index < -0.39 is 0 Å². The van der Waals surface area contributed by atoms with Crippen LogP contribution in [0.25, 0.3) is 0 Å². The van der Waals surface area contributed by atoms with E-state index in [0.717, 1.165) is 12.8 Å². The zero-order valence-electron chi connectivity index (χ0n) is 12.3. The molecule has 1 aromatic heterocycles. The second kappa shape index (κ2) is 7.81. The van der Waals surface area contributed by atoms with Crippen molar-refractivity contribution in [2.24, 2.45) is 11.3 Å². The molecule has 1 heterocycles. The summed E-state index contributed by atoms with van der Waals surface area (Å²) in [5.41, 5.74) is 2.19. The number of rotatable bonds is 9. The summed E-state index contributed by atoms with van der Waals surface area (Å²) in [5, 5.41) is 12.7. The van der Waals surface area contributed by atoms with Crippen LogP contribution in [-0.2, 0) is 0 Å². The molecular weight excluding hydrogens is 260 g/mol. The Labute approximate surface area is 119 Å². The Bertz CT molecular complexity index is 403. The maximum absolute atomic E-state index is 9.54. The molecule has 0 aliphatic heterocycles. The van der Waals surface area contributed by atoms with E-state index in [1.54, 1.807) is 0 Å². The maximum Gasteiger partial charge on any atom is 0.323 e. The first-order valence-corrected chi connectivity index (χ1v) is 6.83. The van der Waals surface area contributed by atoms with Gasteiger partial charge < -0.3 is 15.2 Å². The molecule has 1 rings (SSSR count). The molecule has 114 valence electrons. The number of nitrogens with two attached hydrogens (primary N) is 1. The van der Waals surface area contributed by atoms with E-state index in [1.807, 2.05) is 20.8 Å². The van der Waals surface area contributed by atoms with Crippen molar-refractivity contribution in [3.63, 3.8) is 0 Å². The minimum atomic E-state index is -0.186. The molecule has 0 unspecified atom stereocenters. The summed E-state index contributed by atoms with van der Waals surface area (Å²) in [6.07, 6.45) is 1.72. The molecule has 0 saturated carbocycles. The number of ether oxygens (including phenoxy) is 1. The fourth-order valence-corrected chi connectivity index (χ4v) is 1.74. The zero-order valence-corrected chi connectivity index (χ0v) is 12.3. The van der Waals surface area contributed by atoms with E-state index in [2.05, 4.69) is 25.7 Å². The SMILES string of the molecule is CCOc1nc(NN)nc(NCC(CC)(CC)CO)n1. The summed E-state index contributed by atoms with van der Waals surface area (Å²) in [6, 6.07) is 0.209. The van der Waals surface area contributed by atoms with Gasteiger partial charge in [0.1, 0.15) is 0 Å². The number of hydrogen-bond donors (Lipinski definition) is 4. The van der Waals surface area contributed by atoms with Gasteiger partial charge in [-0.05, 0) is 19.8 Å². The maximum atomic E-state index is 9.54.